The summed E-state index contributed by atoms with van der Waals surface area (Å²) in [6.07, 6.45) is 4.36. The van der Waals surface area contributed by atoms with Gasteiger partial charge in [-0.25, -0.2) is 9.78 Å². The molecule has 128 valence electrons. The average molecular weight is 331 g/mol. The van der Waals surface area contributed by atoms with Crippen LogP contribution in [0.3, 0.4) is 0 Å². The van der Waals surface area contributed by atoms with Gasteiger partial charge in [-0.05, 0) is 31.4 Å². The molecule has 3 rings (SSSR count). The van der Waals surface area contributed by atoms with Crippen LogP contribution in [0.25, 0.3) is 11.0 Å². The molecule has 0 radical (unpaired) electrons. The van der Waals surface area contributed by atoms with Gasteiger partial charge >= 0.3 is 5.69 Å². The average Bonchev–Trinajstić information content (AvgIpc) is 3.04. The van der Waals surface area contributed by atoms with Gasteiger partial charge in [0.25, 0.3) is 11.5 Å². The summed E-state index contributed by atoms with van der Waals surface area (Å²) >= 11 is 0. The van der Waals surface area contributed by atoms with Gasteiger partial charge in [-0.1, -0.05) is 6.42 Å². The van der Waals surface area contributed by atoms with Gasteiger partial charge in [0.2, 0.25) is 0 Å². The Hall–Kier alpha value is -2.48. The standard InChI is InChI=1S/C16H21N5O3/c1-20-13-11(15(23)21(2)16(20)24)6-10(8-18-13)14(22)19-12-5-3-4-9(12)7-17/h6,8-9,12H,3-5,7,17H2,1-2H3,(H,19,22). The Morgan fingerprint density at radius 2 is 2.08 bits per heavy atom. The van der Waals surface area contributed by atoms with Crippen molar-refractivity contribution >= 4 is 16.9 Å². The van der Waals surface area contributed by atoms with Crippen LogP contribution in [-0.4, -0.2) is 32.6 Å². The van der Waals surface area contributed by atoms with Crippen molar-refractivity contribution < 1.29 is 4.79 Å². The van der Waals surface area contributed by atoms with E-state index in [2.05, 4.69) is 10.3 Å². The normalized spacial score (nSPS) is 20.5. The van der Waals surface area contributed by atoms with Crippen LogP contribution < -0.4 is 22.3 Å². The van der Waals surface area contributed by atoms with E-state index in [9.17, 15) is 14.4 Å². The number of pyridine rings is 1. The van der Waals surface area contributed by atoms with Crippen LogP contribution in [0.1, 0.15) is 29.6 Å². The van der Waals surface area contributed by atoms with Gasteiger partial charge in [0.15, 0.2) is 0 Å². The molecule has 1 saturated carbocycles. The van der Waals surface area contributed by atoms with E-state index < -0.39 is 11.2 Å². The van der Waals surface area contributed by atoms with Crippen molar-refractivity contribution in [3.63, 3.8) is 0 Å². The molecule has 2 atom stereocenters. The van der Waals surface area contributed by atoms with Crippen molar-refractivity contribution in [2.24, 2.45) is 25.7 Å². The van der Waals surface area contributed by atoms with E-state index in [1.807, 2.05) is 0 Å². The molecule has 8 heteroatoms. The Labute approximate surface area is 138 Å². The molecule has 0 aliphatic heterocycles. The second kappa shape index (κ2) is 6.20. The molecule has 24 heavy (non-hydrogen) atoms. The summed E-state index contributed by atoms with van der Waals surface area (Å²) in [7, 11) is 2.95. The monoisotopic (exact) mass is 331 g/mol. The van der Waals surface area contributed by atoms with Crippen molar-refractivity contribution in [2.75, 3.05) is 6.54 Å². The molecule has 3 N–H and O–H groups in total. The van der Waals surface area contributed by atoms with Crippen LogP contribution in [-0.2, 0) is 14.1 Å². The van der Waals surface area contributed by atoms with E-state index in [0.29, 0.717) is 12.1 Å². The number of aryl methyl sites for hydroxylation is 1. The SMILES string of the molecule is Cn1c(=O)c2cc(C(=O)NC3CCCC3CN)cnc2n(C)c1=O. The lowest BCUT2D eigenvalue weighted by Crippen LogP contribution is -2.40. The van der Waals surface area contributed by atoms with Gasteiger partial charge in [0.05, 0.1) is 10.9 Å². The molecular weight excluding hydrogens is 310 g/mol. The molecule has 0 saturated heterocycles. The number of nitrogens with two attached hydrogens (primary N) is 1. The van der Waals surface area contributed by atoms with Gasteiger partial charge in [-0.3, -0.25) is 18.7 Å². The molecule has 1 aliphatic carbocycles. The van der Waals surface area contributed by atoms with Gasteiger partial charge in [-0.2, -0.15) is 0 Å². The topological polar surface area (TPSA) is 112 Å². The molecule has 0 bridgehead atoms. The molecule has 2 heterocycles. The van der Waals surface area contributed by atoms with Crippen LogP contribution in [0.5, 0.6) is 0 Å². The van der Waals surface area contributed by atoms with Crippen molar-refractivity contribution in [1.29, 1.82) is 0 Å². The Morgan fingerprint density at radius 1 is 1.33 bits per heavy atom. The number of hydrogen-bond donors (Lipinski definition) is 2. The minimum Gasteiger partial charge on any atom is -0.349 e. The van der Waals surface area contributed by atoms with Crippen LogP contribution in [0.2, 0.25) is 0 Å². The zero-order valence-electron chi connectivity index (χ0n) is 13.8. The maximum absolute atomic E-state index is 12.5. The quantitative estimate of drug-likeness (QED) is 0.787. The molecule has 1 aliphatic rings. The van der Waals surface area contributed by atoms with Crippen molar-refractivity contribution in [2.45, 2.75) is 25.3 Å². The first kappa shape index (κ1) is 16.4. The minimum atomic E-state index is -0.462. The van der Waals surface area contributed by atoms with E-state index in [0.717, 1.165) is 23.8 Å². The van der Waals surface area contributed by atoms with Gasteiger partial charge in [0.1, 0.15) is 5.65 Å². The first-order valence-corrected chi connectivity index (χ1v) is 8.00. The highest BCUT2D eigenvalue weighted by atomic mass is 16.2. The summed E-state index contributed by atoms with van der Waals surface area (Å²) in [6.45, 7) is 0.545. The molecule has 1 amide bonds. The van der Waals surface area contributed by atoms with E-state index in [1.165, 1.54) is 23.9 Å². The van der Waals surface area contributed by atoms with Crippen LogP contribution >= 0.6 is 0 Å². The van der Waals surface area contributed by atoms with Gasteiger partial charge < -0.3 is 11.1 Å². The summed E-state index contributed by atoms with van der Waals surface area (Å²) in [4.78, 5) is 40.8. The fourth-order valence-electron chi connectivity index (χ4n) is 3.35. The third-order valence-electron chi connectivity index (χ3n) is 4.83. The maximum atomic E-state index is 12.5. The Kier molecular flexibility index (Phi) is 4.23. The van der Waals surface area contributed by atoms with E-state index in [1.54, 1.807) is 7.05 Å². The lowest BCUT2D eigenvalue weighted by atomic mass is 10.0. The minimum absolute atomic E-state index is 0.0566. The zero-order chi connectivity index (χ0) is 17.4. The maximum Gasteiger partial charge on any atom is 0.332 e. The Balaban J connectivity index is 1.98. The second-order valence-corrected chi connectivity index (χ2v) is 6.31. The molecule has 2 unspecified atom stereocenters. The molecule has 1 fully saturated rings. The van der Waals surface area contributed by atoms with Crippen LogP contribution in [0.15, 0.2) is 21.9 Å². The summed E-state index contributed by atoms with van der Waals surface area (Å²) in [5, 5.41) is 3.23. The number of carbonyl (C=O) groups excluding carboxylic acids is 1. The number of hydrogen-bond acceptors (Lipinski definition) is 5. The molecule has 0 aromatic carbocycles. The van der Waals surface area contributed by atoms with E-state index in [-0.39, 0.29) is 28.9 Å². The van der Waals surface area contributed by atoms with Gasteiger partial charge in [-0.15, -0.1) is 0 Å². The lowest BCUT2D eigenvalue weighted by molar-refractivity contribution is 0.0928. The number of carbonyl (C=O) groups is 1. The number of aromatic nitrogens is 3. The molecule has 8 nitrogen and oxygen atoms in total. The second-order valence-electron chi connectivity index (χ2n) is 6.31. The van der Waals surface area contributed by atoms with E-state index in [4.69, 9.17) is 5.73 Å². The fourth-order valence-corrected chi connectivity index (χ4v) is 3.35. The number of fused-ring (bicyclic) bond motifs is 1. The largest absolute Gasteiger partial charge is 0.349 e. The zero-order valence-corrected chi connectivity index (χ0v) is 13.8. The van der Waals surface area contributed by atoms with Gasteiger partial charge in [0, 0.05) is 26.3 Å². The summed E-state index contributed by atoms with van der Waals surface area (Å²) in [5.74, 6) is 0.0155. The first-order valence-electron chi connectivity index (χ1n) is 8.00. The van der Waals surface area contributed by atoms with Crippen molar-refractivity contribution in [1.82, 2.24) is 19.4 Å². The smallest absolute Gasteiger partial charge is 0.332 e. The number of amides is 1. The third-order valence-corrected chi connectivity index (χ3v) is 4.83. The Bertz CT molecular complexity index is 914. The third kappa shape index (κ3) is 2.62. The summed E-state index contributed by atoms with van der Waals surface area (Å²) < 4.78 is 2.30. The molecule has 2 aromatic heterocycles. The van der Waals surface area contributed by atoms with E-state index >= 15 is 0 Å². The lowest BCUT2D eigenvalue weighted by Gasteiger charge is -2.19. The highest BCUT2D eigenvalue weighted by molar-refractivity contribution is 5.96. The van der Waals surface area contributed by atoms with Crippen LogP contribution in [0, 0.1) is 5.92 Å². The first-order chi connectivity index (χ1) is 11.4. The number of nitrogens with one attached hydrogen (secondary N) is 1. The summed E-state index contributed by atoms with van der Waals surface area (Å²) in [5.41, 5.74) is 5.40. The predicted molar refractivity (Wildman–Crippen MR) is 89.9 cm³/mol. The van der Waals surface area contributed by atoms with Crippen molar-refractivity contribution in [3.8, 4) is 0 Å². The predicted octanol–water partition coefficient (Wildman–Crippen LogP) is -0.511. The number of nitrogens with zero attached hydrogens (tertiary/aromatic N) is 3. The molecule has 2 aromatic rings. The highest BCUT2D eigenvalue weighted by Gasteiger charge is 2.27. The summed E-state index contributed by atoms with van der Waals surface area (Å²) in [6, 6.07) is 1.55. The van der Waals surface area contributed by atoms with Crippen LogP contribution in [0.4, 0.5) is 0 Å². The highest BCUT2D eigenvalue weighted by Crippen LogP contribution is 2.24. The molecule has 0 spiro atoms. The van der Waals surface area contributed by atoms with Crippen molar-refractivity contribution in [3.05, 3.63) is 38.7 Å². The molecular formula is C16H21N5O3. The number of rotatable bonds is 3. The Morgan fingerprint density at radius 3 is 2.79 bits per heavy atom. The fraction of sp³-hybridized carbons (Fsp3) is 0.500.